The van der Waals surface area contributed by atoms with E-state index < -0.39 is 41.5 Å². The normalized spacial score (nSPS) is 20.9. The number of nitrogens with one attached hydrogen (secondary N) is 1. The van der Waals surface area contributed by atoms with Crippen LogP contribution in [0.1, 0.15) is 25.7 Å². The molecule has 3 amide bonds. The van der Waals surface area contributed by atoms with Gasteiger partial charge in [-0.15, -0.1) is 0 Å². The fourth-order valence-corrected chi connectivity index (χ4v) is 3.63. The summed E-state index contributed by atoms with van der Waals surface area (Å²) in [7, 11) is 0. The number of imide groups is 1. The second kappa shape index (κ2) is 8.33. The van der Waals surface area contributed by atoms with E-state index in [1.807, 2.05) is 0 Å². The summed E-state index contributed by atoms with van der Waals surface area (Å²) in [4.78, 5) is 59.1. The lowest BCUT2D eigenvalue weighted by Gasteiger charge is -2.19. The largest absolute Gasteiger partial charge is 0.454 e. The van der Waals surface area contributed by atoms with Gasteiger partial charge in [0.1, 0.15) is 6.54 Å². The highest BCUT2D eigenvalue weighted by Crippen LogP contribution is 2.37. The lowest BCUT2D eigenvalue weighted by molar-refractivity contribution is -0.387. The van der Waals surface area contributed by atoms with Crippen LogP contribution in [0.5, 0.6) is 0 Å². The number of hydrogen-bond acceptors (Lipinski definition) is 7. The molecule has 29 heavy (non-hydrogen) atoms. The van der Waals surface area contributed by atoms with E-state index in [0.717, 1.165) is 35.9 Å². The van der Waals surface area contributed by atoms with Crippen molar-refractivity contribution < 1.29 is 33.2 Å². The zero-order chi connectivity index (χ0) is 21.1. The molecular formula is C18H18FN3O7. The van der Waals surface area contributed by atoms with Gasteiger partial charge in [0.2, 0.25) is 17.6 Å². The third kappa shape index (κ3) is 4.39. The number of nitrogens with zero attached hydrogens (tertiary/aromatic N) is 2. The van der Waals surface area contributed by atoms with Crippen molar-refractivity contribution in [2.75, 3.05) is 18.5 Å². The number of esters is 1. The standard InChI is InChI=1S/C18H18FN3O7/c19-13-6-5-10(7-14(13)22(27)28)20-15(23)9-29-16(24)8-21-17(25)11-3-1-2-4-12(11)18(21)26/h5-7,11-12H,1-4,8-9H2,(H,20,23)/t11-,12+. The molecule has 10 nitrogen and oxygen atoms in total. The van der Waals surface area contributed by atoms with Crippen LogP contribution in [0.25, 0.3) is 0 Å². The number of hydrogen-bond donors (Lipinski definition) is 1. The van der Waals surface area contributed by atoms with Gasteiger partial charge in [0, 0.05) is 11.8 Å². The molecule has 1 aliphatic carbocycles. The number of benzene rings is 1. The molecular weight excluding hydrogens is 389 g/mol. The summed E-state index contributed by atoms with van der Waals surface area (Å²) in [6.07, 6.45) is 2.96. The first-order valence-corrected chi connectivity index (χ1v) is 9.02. The monoisotopic (exact) mass is 407 g/mol. The molecule has 1 aliphatic heterocycles. The third-order valence-electron chi connectivity index (χ3n) is 5.01. The quantitative estimate of drug-likeness (QED) is 0.326. The van der Waals surface area contributed by atoms with Crippen LogP contribution in [-0.2, 0) is 23.9 Å². The van der Waals surface area contributed by atoms with Crippen molar-refractivity contribution in [1.29, 1.82) is 0 Å². The first-order chi connectivity index (χ1) is 13.8. The highest BCUT2D eigenvalue weighted by molar-refractivity contribution is 6.07. The van der Waals surface area contributed by atoms with Crippen molar-refractivity contribution in [3.63, 3.8) is 0 Å². The number of likely N-dealkylation sites (tertiary alicyclic amines) is 1. The van der Waals surface area contributed by atoms with E-state index in [0.29, 0.717) is 12.8 Å². The van der Waals surface area contributed by atoms with Crippen molar-refractivity contribution in [3.8, 4) is 0 Å². The molecule has 1 saturated carbocycles. The van der Waals surface area contributed by atoms with E-state index in [9.17, 15) is 33.7 Å². The number of fused-ring (bicyclic) bond motifs is 1. The molecule has 154 valence electrons. The first-order valence-electron chi connectivity index (χ1n) is 9.02. The molecule has 0 spiro atoms. The van der Waals surface area contributed by atoms with Crippen molar-refractivity contribution in [3.05, 3.63) is 34.1 Å². The molecule has 0 radical (unpaired) electrons. The second-order valence-corrected chi connectivity index (χ2v) is 6.89. The fraction of sp³-hybridized carbons (Fsp3) is 0.444. The lowest BCUT2D eigenvalue weighted by Crippen LogP contribution is -2.37. The lowest BCUT2D eigenvalue weighted by atomic mass is 9.81. The minimum absolute atomic E-state index is 0.0480. The average Bonchev–Trinajstić information content (AvgIpc) is 2.93. The van der Waals surface area contributed by atoms with Gasteiger partial charge in [0.05, 0.1) is 16.8 Å². The van der Waals surface area contributed by atoms with Crippen LogP contribution >= 0.6 is 0 Å². The first kappa shape index (κ1) is 20.4. The van der Waals surface area contributed by atoms with Gasteiger partial charge in [0.15, 0.2) is 6.61 Å². The molecule has 1 aromatic rings. The summed E-state index contributed by atoms with van der Waals surface area (Å²) in [5.41, 5.74) is -0.861. The van der Waals surface area contributed by atoms with Gasteiger partial charge in [-0.05, 0) is 25.0 Å². The van der Waals surface area contributed by atoms with Gasteiger partial charge in [-0.1, -0.05) is 12.8 Å². The molecule has 0 unspecified atom stereocenters. The van der Waals surface area contributed by atoms with Crippen LogP contribution in [-0.4, -0.2) is 46.7 Å². The van der Waals surface area contributed by atoms with Crippen LogP contribution in [0.15, 0.2) is 18.2 Å². The Morgan fingerprint density at radius 3 is 2.41 bits per heavy atom. The molecule has 3 rings (SSSR count). The highest BCUT2D eigenvalue weighted by Gasteiger charge is 2.48. The van der Waals surface area contributed by atoms with E-state index in [4.69, 9.17) is 4.74 Å². The van der Waals surface area contributed by atoms with Crippen LogP contribution in [0, 0.1) is 27.8 Å². The Bertz CT molecular complexity index is 864. The van der Waals surface area contributed by atoms with E-state index in [2.05, 4.69) is 5.32 Å². The predicted molar refractivity (Wildman–Crippen MR) is 94.8 cm³/mol. The average molecular weight is 407 g/mol. The van der Waals surface area contributed by atoms with Gasteiger partial charge in [-0.3, -0.25) is 34.2 Å². The zero-order valence-corrected chi connectivity index (χ0v) is 15.3. The molecule has 1 aromatic carbocycles. The molecule has 11 heteroatoms. The molecule has 2 atom stereocenters. The number of nitro groups is 1. The van der Waals surface area contributed by atoms with Crippen LogP contribution in [0.4, 0.5) is 15.8 Å². The summed E-state index contributed by atoms with van der Waals surface area (Å²) in [5, 5.41) is 12.9. The van der Waals surface area contributed by atoms with E-state index >= 15 is 0 Å². The Balaban J connectivity index is 1.51. The number of rotatable bonds is 6. The molecule has 0 aromatic heterocycles. The van der Waals surface area contributed by atoms with Crippen molar-refractivity contribution in [2.24, 2.45) is 11.8 Å². The second-order valence-electron chi connectivity index (χ2n) is 6.89. The molecule has 2 fully saturated rings. The maximum absolute atomic E-state index is 13.3. The Hall–Kier alpha value is -3.37. The van der Waals surface area contributed by atoms with Crippen LogP contribution in [0.3, 0.4) is 0 Å². The summed E-state index contributed by atoms with van der Waals surface area (Å²) in [5.74, 6) is -4.35. The minimum Gasteiger partial charge on any atom is -0.454 e. The van der Waals surface area contributed by atoms with Crippen LogP contribution < -0.4 is 5.32 Å². The topological polar surface area (TPSA) is 136 Å². The van der Waals surface area contributed by atoms with Crippen molar-refractivity contribution >= 4 is 35.1 Å². The SMILES string of the molecule is O=C(COC(=O)CN1C(=O)[C@H]2CCCC[C@H]2C1=O)Nc1ccc(F)c([N+](=O)[O-])c1. The smallest absolute Gasteiger partial charge is 0.326 e. The summed E-state index contributed by atoms with van der Waals surface area (Å²) in [6, 6.07) is 2.77. The van der Waals surface area contributed by atoms with Gasteiger partial charge < -0.3 is 10.1 Å². The number of nitro benzene ring substituents is 1. The predicted octanol–water partition coefficient (Wildman–Crippen LogP) is 1.39. The summed E-state index contributed by atoms with van der Waals surface area (Å²) < 4.78 is 18.1. The number of halogens is 1. The number of carbonyl (C=O) groups excluding carboxylic acids is 4. The van der Waals surface area contributed by atoms with Gasteiger partial charge in [0.25, 0.3) is 5.91 Å². The highest BCUT2D eigenvalue weighted by atomic mass is 19.1. The number of ether oxygens (including phenoxy) is 1. The molecule has 1 N–H and O–H groups in total. The maximum Gasteiger partial charge on any atom is 0.326 e. The Kier molecular flexibility index (Phi) is 5.85. The number of anilines is 1. The zero-order valence-electron chi connectivity index (χ0n) is 15.3. The molecule has 1 heterocycles. The van der Waals surface area contributed by atoms with Crippen molar-refractivity contribution in [1.82, 2.24) is 4.90 Å². The number of amides is 3. The van der Waals surface area contributed by atoms with Crippen LogP contribution in [0.2, 0.25) is 0 Å². The van der Waals surface area contributed by atoms with Crippen molar-refractivity contribution in [2.45, 2.75) is 25.7 Å². The Labute approximate surface area is 164 Å². The fourth-order valence-electron chi connectivity index (χ4n) is 3.63. The molecule has 1 saturated heterocycles. The Morgan fingerprint density at radius 2 is 1.83 bits per heavy atom. The van der Waals surface area contributed by atoms with E-state index in [1.165, 1.54) is 0 Å². The van der Waals surface area contributed by atoms with E-state index in [-0.39, 0.29) is 29.3 Å². The third-order valence-corrected chi connectivity index (χ3v) is 5.01. The minimum atomic E-state index is -1.06. The molecule has 2 aliphatic rings. The van der Waals surface area contributed by atoms with E-state index in [1.54, 1.807) is 0 Å². The van der Waals surface area contributed by atoms with Gasteiger partial charge in [-0.25, -0.2) is 0 Å². The number of carbonyl (C=O) groups is 4. The maximum atomic E-state index is 13.3. The summed E-state index contributed by atoms with van der Waals surface area (Å²) >= 11 is 0. The van der Waals surface area contributed by atoms with Gasteiger partial charge >= 0.3 is 11.7 Å². The summed E-state index contributed by atoms with van der Waals surface area (Å²) in [6.45, 7) is -1.30. The van der Waals surface area contributed by atoms with Gasteiger partial charge in [-0.2, -0.15) is 4.39 Å². The molecule has 0 bridgehead atoms. The Morgan fingerprint density at radius 1 is 1.21 bits per heavy atom.